The molecule has 0 atom stereocenters. The number of nitrogens with zero attached hydrogens (tertiary/aromatic N) is 6. The van der Waals surface area contributed by atoms with E-state index in [0.29, 0.717) is 0 Å². The maximum atomic E-state index is 5.28. The van der Waals surface area contributed by atoms with Crippen molar-refractivity contribution < 1.29 is 0 Å². The van der Waals surface area contributed by atoms with Crippen molar-refractivity contribution >= 4 is 76.2 Å². The average molecular weight is 1130 g/mol. The molecular weight excluding hydrogens is 1060 g/mol. The molecule has 0 saturated carbocycles. The van der Waals surface area contributed by atoms with Gasteiger partial charge in [0.25, 0.3) is 0 Å². The third-order valence-electron chi connectivity index (χ3n) is 17.6. The van der Waals surface area contributed by atoms with Gasteiger partial charge < -0.3 is 0 Å². The Bertz CT molecular complexity index is 4540. The Morgan fingerprint density at radius 1 is 0.253 bits per heavy atom. The number of hydrogen-bond acceptors (Lipinski definition) is 3. The highest BCUT2D eigenvalue weighted by Gasteiger charge is 2.27. The number of imidazole rings is 3. The van der Waals surface area contributed by atoms with Gasteiger partial charge in [-0.15, -0.1) is 0 Å². The highest BCUT2D eigenvalue weighted by molar-refractivity contribution is 6.33. The van der Waals surface area contributed by atoms with Gasteiger partial charge in [-0.25, -0.2) is 15.0 Å². The largest absolute Gasteiger partial charge is 0.292 e. The van der Waals surface area contributed by atoms with Crippen LogP contribution >= 0.6 is 0 Å². The summed E-state index contributed by atoms with van der Waals surface area (Å²) in [6, 6.07) is 82.8. The van der Waals surface area contributed by atoms with Gasteiger partial charge in [0.15, 0.2) is 0 Å². The van der Waals surface area contributed by atoms with Crippen LogP contribution in [0.1, 0.15) is 105 Å². The fraction of sp³-hybridized carbons (Fsp3) is 0.198. The van der Waals surface area contributed by atoms with Gasteiger partial charge in [-0.05, 0) is 202 Å². The first-order valence-electron chi connectivity index (χ1n) is 30.7. The first-order valence-corrected chi connectivity index (χ1v) is 30.7. The van der Waals surface area contributed by atoms with Crippen LogP contribution in [0, 0.1) is 0 Å². The third kappa shape index (κ3) is 9.82. The molecule has 3 aromatic heterocycles. The smallest absolute Gasteiger partial charge is 0.145 e. The van der Waals surface area contributed by atoms with E-state index in [1.807, 2.05) is 36.4 Å². The Labute approximate surface area is 510 Å². The summed E-state index contributed by atoms with van der Waals surface area (Å²) < 4.78 is 6.75. The van der Waals surface area contributed by atoms with E-state index in [1.165, 1.54) is 65.3 Å². The number of fused-ring (bicyclic) bond motifs is 5. The molecule has 0 bridgehead atoms. The van der Waals surface area contributed by atoms with Crippen LogP contribution in [0.5, 0.6) is 0 Å². The minimum atomic E-state index is 0.0830. The molecule has 0 unspecified atom stereocenters. The Balaban J connectivity index is 0.000000163. The number of hydrogen-bond donors (Lipinski definition) is 0. The molecule has 0 aliphatic carbocycles. The summed E-state index contributed by atoms with van der Waals surface area (Å²) in [6.07, 6.45) is 0. The quantitative estimate of drug-likeness (QED) is 0.123. The summed E-state index contributed by atoms with van der Waals surface area (Å²) in [7, 11) is 0. The van der Waals surface area contributed by atoms with E-state index in [-0.39, 0.29) is 21.7 Å². The van der Waals surface area contributed by atoms with Crippen LogP contribution in [-0.2, 0) is 21.7 Å². The molecular formula is C81H74N6. The Hall–Kier alpha value is -9.65. The fourth-order valence-electron chi connectivity index (χ4n) is 12.8. The van der Waals surface area contributed by atoms with Crippen LogP contribution in [0.25, 0.3) is 127 Å². The molecule has 6 nitrogen and oxygen atoms in total. The molecule has 0 spiro atoms. The summed E-state index contributed by atoms with van der Waals surface area (Å²) in [6.45, 7) is 28.0. The van der Waals surface area contributed by atoms with E-state index in [0.717, 1.165) is 84.3 Å². The van der Waals surface area contributed by atoms with Crippen molar-refractivity contribution in [1.82, 2.24) is 28.7 Å². The maximum Gasteiger partial charge on any atom is 0.145 e. The first kappa shape index (κ1) is 55.2. The second-order valence-electron chi connectivity index (χ2n) is 27.9. The molecule has 6 heteroatoms. The lowest BCUT2D eigenvalue weighted by molar-refractivity contribution is 0.589. The summed E-state index contributed by atoms with van der Waals surface area (Å²) >= 11 is 0. The molecule has 87 heavy (non-hydrogen) atoms. The van der Waals surface area contributed by atoms with Gasteiger partial charge in [-0.2, -0.15) is 0 Å². The fourth-order valence-corrected chi connectivity index (χ4v) is 12.8. The molecule has 0 fully saturated rings. The third-order valence-corrected chi connectivity index (χ3v) is 17.6. The Morgan fingerprint density at radius 3 is 0.724 bits per heavy atom. The molecule has 15 rings (SSSR count). The topological polar surface area (TPSA) is 53.5 Å². The molecule has 428 valence electrons. The minimum Gasteiger partial charge on any atom is -0.292 e. The predicted molar refractivity (Wildman–Crippen MR) is 369 cm³/mol. The average Bonchev–Trinajstić information content (AvgIpc) is 1.40. The van der Waals surface area contributed by atoms with Gasteiger partial charge in [0, 0.05) is 33.8 Å². The second-order valence-corrected chi connectivity index (χ2v) is 27.9. The van der Waals surface area contributed by atoms with Gasteiger partial charge >= 0.3 is 0 Å². The van der Waals surface area contributed by atoms with Crippen LogP contribution in [-0.4, -0.2) is 28.7 Å². The lowest BCUT2D eigenvalue weighted by Crippen LogP contribution is -2.14. The molecule has 0 aliphatic rings. The maximum absolute atomic E-state index is 5.28. The van der Waals surface area contributed by atoms with Gasteiger partial charge in [0.05, 0.1) is 33.1 Å². The van der Waals surface area contributed by atoms with E-state index in [1.54, 1.807) is 0 Å². The molecule has 0 amide bonds. The standard InChI is InChI=1S/C45H30N6.C36H44/c1-4-16-34(17-5-1)49-40-25-13-10-22-37(40)46-43(49)31-28-32(44-47-38-23-11-14-26-41(38)50(44)35-18-6-2-7-19-35)30-33(29-31)45-48-39-24-12-15-27-42(39)51(45)36-20-8-3-9-21-36;1-33(2,3)23-13-21-14-24(34(4,5)6)19-29-30-20-26(36(10,11)12)16-22-15-25(35(7,8)9)18-28(32(22)30)27(17-23)31(21)29/h1-30H;13-20H,1-12H3. The van der Waals surface area contributed by atoms with Crippen LogP contribution in [0.15, 0.2) is 231 Å². The van der Waals surface area contributed by atoms with Crippen molar-refractivity contribution in [3.05, 3.63) is 253 Å². The highest BCUT2D eigenvalue weighted by atomic mass is 15.1. The van der Waals surface area contributed by atoms with Crippen molar-refractivity contribution in [2.24, 2.45) is 0 Å². The predicted octanol–water partition coefficient (Wildman–Crippen LogP) is 21.6. The van der Waals surface area contributed by atoms with Crippen molar-refractivity contribution in [3.8, 4) is 51.2 Å². The second kappa shape index (κ2) is 20.5. The van der Waals surface area contributed by atoms with Crippen molar-refractivity contribution in [2.75, 3.05) is 0 Å². The number of aromatic nitrogens is 6. The summed E-state index contributed by atoms with van der Waals surface area (Å²) in [5.74, 6) is 2.53. The molecule has 0 radical (unpaired) electrons. The van der Waals surface area contributed by atoms with Crippen molar-refractivity contribution in [3.63, 3.8) is 0 Å². The van der Waals surface area contributed by atoms with E-state index in [4.69, 9.17) is 15.0 Å². The Kier molecular flexibility index (Phi) is 13.0. The van der Waals surface area contributed by atoms with Gasteiger partial charge in [0.2, 0.25) is 0 Å². The highest BCUT2D eigenvalue weighted by Crippen LogP contribution is 2.47. The number of para-hydroxylation sites is 9. The molecule has 0 aliphatic heterocycles. The van der Waals surface area contributed by atoms with Crippen molar-refractivity contribution in [1.29, 1.82) is 0 Å². The monoisotopic (exact) mass is 1130 g/mol. The minimum absolute atomic E-state index is 0.0830. The van der Waals surface area contributed by atoms with E-state index in [2.05, 4.69) is 291 Å². The zero-order valence-corrected chi connectivity index (χ0v) is 52.1. The van der Waals surface area contributed by atoms with Crippen molar-refractivity contribution in [2.45, 2.75) is 105 Å². The number of rotatable bonds is 6. The summed E-state index contributed by atoms with van der Waals surface area (Å²) in [5, 5.41) is 11.2. The summed E-state index contributed by atoms with van der Waals surface area (Å²) in [5.41, 5.74) is 17.9. The molecule has 0 N–H and O–H groups in total. The lowest BCUT2D eigenvalue weighted by Gasteiger charge is -2.28. The summed E-state index contributed by atoms with van der Waals surface area (Å²) in [4.78, 5) is 15.9. The van der Waals surface area contributed by atoms with E-state index >= 15 is 0 Å². The lowest BCUT2D eigenvalue weighted by atomic mass is 9.76. The number of benzene rings is 12. The Morgan fingerprint density at radius 2 is 0.483 bits per heavy atom. The van der Waals surface area contributed by atoms with Crippen LogP contribution in [0.4, 0.5) is 0 Å². The van der Waals surface area contributed by atoms with Gasteiger partial charge in [-0.3, -0.25) is 13.7 Å². The zero-order chi connectivity index (χ0) is 60.3. The van der Waals surface area contributed by atoms with Crippen LogP contribution in [0.3, 0.4) is 0 Å². The molecule has 12 aromatic carbocycles. The first-order chi connectivity index (χ1) is 41.7. The molecule has 0 saturated heterocycles. The zero-order valence-electron chi connectivity index (χ0n) is 52.1. The van der Waals surface area contributed by atoms with Crippen LogP contribution < -0.4 is 0 Å². The molecule has 15 aromatic rings. The van der Waals surface area contributed by atoms with E-state index in [9.17, 15) is 0 Å². The van der Waals surface area contributed by atoms with Crippen LogP contribution in [0.2, 0.25) is 0 Å². The normalized spacial score (nSPS) is 12.6. The molecule has 3 heterocycles. The van der Waals surface area contributed by atoms with E-state index < -0.39 is 0 Å². The van der Waals surface area contributed by atoms with Gasteiger partial charge in [-0.1, -0.05) is 198 Å². The van der Waals surface area contributed by atoms with Gasteiger partial charge in [0.1, 0.15) is 17.5 Å². The SMILES string of the molecule is CC(C)(C)c1cc2cc(C(C)(C)C)cc3c4cc(C(C)(C)C)cc5cc(C(C)(C)C)cc(c(c1)c23)c54.c1ccc(-n2c(-c3cc(-c4nc5ccccc5n4-c4ccccc4)cc(-c4nc5ccccc5n4-c4ccccc4)c3)nc3ccccc32)cc1.